The maximum absolute atomic E-state index is 14.0. The Morgan fingerprint density at radius 3 is 2.58 bits per heavy atom. The third-order valence-corrected chi connectivity index (χ3v) is 8.41. The number of pyridine rings is 2. The van der Waals surface area contributed by atoms with Crippen LogP contribution in [0.3, 0.4) is 0 Å². The van der Waals surface area contributed by atoms with Crippen molar-refractivity contribution in [2.75, 3.05) is 17.6 Å². The minimum atomic E-state index is -3.97. The number of anilines is 2. The molecule has 0 aliphatic rings. The van der Waals surface area contributed by atoms with Crippen molar-refractivity contribution in [1.29, 1.82) is 0 Å². The van der Waals surface area contributed by atoms with E-state index in [1.807, 2.05) is 0 Å². The molecular formula is C31H26FN7O5S. The highest BCUT2D eigenvalue weighted by molar-refractivity contribution is 7.92. The number of ether oxygens (including phenoxy) is 2. The van der Waals surface area contributed by atoms with Gasteiger partial charge in [0, 0.05) is 29.2 Å². The van der Waals surface area contributed by atoms with E-state index < -0.39 is 21.6 Å². The molecule has 45 heavy (non-hydrogen) atoms. The van der Waals surface area contributed by atoms with E-state index in [4.69, 9.17) is 15.2 Å². The number of rotatable bonds is 9. The van der Waals surface area contributed by atoms with Crippen molar-refractivity contribution in [2.24, 2.45) is 0 Å². The number of hydrogen-bond acceptors (Lipinski definition) is 9. The number of nitrogens with two attached hydrogens (primary N) is 1. The molecule has 0 spiro atoms. The van der Waals surface area contributed by atoms with Crippen LogP contribution in [-0.4, -0.2) is 46.0 Å². The van der Waals surface area contributed by atoms with E-state index in [2.05, 4.69) is 24.8 Å². The average Bonchev–Trinajstić information content (AvgIpc) is 3.61. The van der Waals surface area contributed by atoms with E-state index >= 15 is 0 Å². The highest BCUT2D eigenvalue weighted by Crippen LogP contribution is 2.30. The molecule has 0 radical (unpaired) electrons. The van der Waals surface area contributed by atoms with Gasteiger partial charge in [0.2, 0.25) is 11.7 Å². The lowest BCUT2D eigenvalue weighted by Gasteiger charge is -2.11. The molecule has 0 aliphatic carbocycles. The van der Waals surface area contributed by atoms with E-state index in [9.17, 15) is 17.6 Å². The lowest BCUT2D eigenvalue weighted by atomic mass is 10.1. The van der Waals surface area contributed by atoms with Gasteiger partial charge in [0.25, 0.3) is 10.0 Å². The summed E-state index contributed by atoms with van der Waals surface area (Å²) >= 11 is 0. The number of ketones is 1. The minimum absolute atomic E-state index is 0.0378. The maximum Gasteiger partial charge on any atom is 0.263 e. The first-order chi connectivity index (χ1) is 21.5. The van der Waals surface area contributed by atoms with Crippen LogP contribution in [0.2, 0.25) is 0 Å². The van der Waals surface area contributed by atoms with Gasteiger partial charge in [0.1, 0.15) is 16.5 Å². The van der Waals surface area contributed by atoms with Gasteiger partial charge in [-0.1, -0.05) is 12.1 Å². The summed E-state index contributed by atoms with van der Waals surface area (Å²) in [6.07, 6.45) is 5.46. The van der Waals surface area contributed by atoms with E-state index in [1.165, 1.54) is 54.8 Å². The molecule has 4 heterocycles. The van der Waals surface area contributed by atoms with Gasteiger partial charge in [-0.3, -0.25) is 14.5 Å². The largest absolute Gasteiger partial charge is 0.495 e. The first-order valence-electron chi connectivity index (χ1n) is 13.5. The number of carbonyl (C=O) groups excluding carboxylic acids is 1. The summed E-state index contributed by atoms with van der Waals surface area (Å²) in [5, 5.41) is 5.00. The minimum Gasteiger partial charge on any atom is -0.495 e. The molecule has 6 aromatic rings. The fourth-order valence-electron chi connectivity index (χ4n) is 4.70. The zero-order chi connectivity index (χ0) is 31.9. The van der Waals surface area contributed by atoms with Crippen LogP contribution in [0.5, 0.6) is 17.4 Å². The van der Waals surface area contributed by atoms with Crippen molar-refractivity contribution in [3.8, 4) is 23.1 Å². The number of para-hydroxylation sites is 1. The van der Waals surface area contributed by atoms with Crippen LogP contribution in [0, 0.1) is 19.7 Å². The third kappa shape index (κ3) is 5.65. The predicted molar refractivity (Wildman–Crippen MR) is 165 cm³/mol. The van der Waals surface area contributed by atoms with Gasteiger partial charge in [0.15, 0.2) is 11.6 Å². The summed E-state index contributed by atoms with van der Waals surface area (Å²) in [5.41, 5.74) is 9.42. The number of aryl methyl sites for hydroxylation is 2. The zero-order valence-electron chi connectivity index (χ0n) is 24.2. The van der Waals surface area contributed by atoms with Gasteiger partial charge in [-0.15, -0.1) is 0 Å². The highest BCUT2D eigenvalue weighted by Gasteiger charge is 2.22. The number of nitrogen functional groups attached to an aromatic ring is 1. The number of sulfonamides is 1. The Hall–Kier alpha value is -5.76. The van der Waals surface area contributed by atoms with Crippen LogP contribution in [-0.2, 0) is 10.0 Å². The van der Waals surface area contributed by atoms with Gasteiger partial charge >= 0.3 is 0 Å². The summed E-state index contributed by atoms with van der Waals surface area (Å²) in [7, 11) is -2.55. The second-order valence-electron chi connectivity index (χ2n) is 10.1. The fraction of sp³-hybridized carbons (Fsp3) is 0.0968. The van der Waals surface area contributed by atoms with Crippen molar-refractivity contribution in [3.63, 3.8) is 0 Å². The third-order valence-electron chi connectivity index (χ3n) is 7.08. The van der Waals surface area contributed by atoms with E-state index in [-0.39, 0.29) is 33.6 Å². The number of fused-ring (bicyclic) bond motifs is 1. The first-order valence-corrected chi connectivity index (χ1v) is 14.9. The van der Waals surface area contributed by atoms with E-state index in [0.29, 0.717) is 39.2 Å². The number of benzene rings is 2. The summed E-state index contributed by atoms with van der Waals surface area (Å²) in [5.74, 6) is -0.326. The molecule has 0 saturated heterocycles. The first kappa shape index (κ1) is 29.3. The van der Waals surface area contributed by atoms with Crippen LogP contribution in [0.4, 0.5) is 15.9 Å². The number of aromatic amines is 1. The predicted octanol–water partition coefficient (Wildman–Crippen LogP) is 5.31. The highest BCUT2D eigenvalue weighted by atomic mass is 32.2. The van der Waals surface area contributed by atoms with Crippen LogP contribution in [0.1, 0.15) is 27.2 Å². The summed E-state index contributed by atoms with van der Waals surface area (Å²) in [6, 6.07) is 14.0. The van der Waals surface area contributed by atoms with Crippen LogP contribution in [0.15, 0.2) is 84.3 Å². The Morgan fingerprint density at radius 1 is 1.02 bits per heavy atom. The number of nitrogens with zero attached hydrogens (tertiary/aromatic N) is 4. The zero-order valence-corrected chi connectivity index (χ0v) is 25.0. The molecule has 4 aromatic heterocycles. The molecule has 0 fully saturated rings. The number of methoxy groups -OCH3 is 1. The van der Waals surface area contributed by atoms with Gasteiger partial charge in [-0.2, -0.15) is 5.10 Å². The lowest BCUT2D eigenvalue weighted by molar-refractivity contribution is 0.103. The number of halogens is 1. The molecular weight excluding hydrogens is 601 g/mol. The lowest BCUT2D eigenvalue weighted by Crippen LogP contribution is -2.14. The second-order valence-corrected chi connectivity index (χ2v) is 11.8. The number of aromatic nitrogens is 5. The van der Waals surface area contributed by atoms with Gasteiger partial charge < -0.3 is 20.2 Å². The van der Waals surface area contributed by atoms with Crippen LogP contribution in [0.25, 0.3) is 16.6 Å². The molecule has 0 amide bonds. The topological polar surface area (TPSA) is 167 Å². The molecule has 0 atom stereocenters. The fourth-order valence-corrected chi connectivity index (χ4v) is 5.80. The normalized spacial score (nSPS) is 11.5. The number of carbonyl (C=O) groups is 1. The number of nitrogens with one attached hydrogen (secondary N) is 2. The summed E-state index contributed by atoms with van der Waals surface area (Å²) in [4.78, 5) is 24.7. The Balaban J connectivity index is 1.25. The Kier molecular flexibility index (Phi) is 7.42. The number of H-pyrrole nitrogens is 1. The average molecular weight is 628 g/mol. The molecule has 6 rings (SSSR count). The molecule has 0 saturated carbocycles. The van der Waals surface area contributed by atoms with E-state index in [1.54, 1.807) is 50.2 Å². The molecule has 2 aromatic carbocycles. The van der Waals surface area contributed by atoms with Crippen molar-refractivity contribution in [3.05, 3.63) is 108 Å². The molecule has 14 heteroatoms. The van der Waals surface area contributed by atoms with Crippen molar-refractivity contribution in [2.45, 2.75) is 18.7 Å². The smallest absolute Gasteiger partial charge is 0.263 e. The SMILES string of the molecule is COc1cncc(S(=O)(=O)Nc2cc3[nH]c(C(=O)c4cnn(-c5cnc(Oc6ccccc6F)cc5C)c4N)cc3cc2C)c1. The Bertz CT molecular complexity index is 2210. The maximum atomic E-state index is 14.0. The van der Waals surface area contributed by atoms with Crippen LogP contribution < -0.4 is 19.9 Å². The molecule has 0 aliphatic heterocycles. The Morgan fingerprint density at radius 2 is 1.82 bits per heavy atom. The standard InChI is InChI=1S/C31H26FN7O5S/c1-17-8-19-10-26(37-25(19)12-24(17)38-45(41,42)21-11-20(43-3)13-34-14-21)30(40)22-15-36-39(31(22)33)27-16-35-29(9-18(27)2)44-28-7-5-4-6-23(28)32/h4-16,37-38H,33H2,1-3H3. The van der Waals surface area contributed by atoms with Gasteiger partial charge in [0.05, 0.1) is 48.3 Å². The van der Waals surface area contributed by atoms with Crippen molar-refractivity contribution < 1.29 is 27.1 Å². The van der Waals surface area contributed by atoms with Crippen LogP contribution >= 0.6 is 0 Å². The van der Waals surface area contributed by atoms with Crippen molar-refractivity contribution >= 4 is 38.2 Å². The molecule has 4 N–H and O–H groups in total. The monoisotopic (exact) mass is 627 g/mol. The molecule has 0 unspecified atom stereocenters. The van der Waals surface area contributed by atoms with Gasteiger partial charge in [-0.05, 0) is 55.3 Å². The Labute approximate surface area is 256 Å². The molecule has 12 nitrogen and oxygen atoms in total. The van der Waals surface area contributed by atoms with E-state index in [0.717, 1.165) is 0 Å². The van der Waals surface area contributed by atoms with Gasteiger partial charge in [-0.25, -0.2) is 22.5 Å². The summed E-state index contributed by atoms with van der Waals surface area (Å²) < 4.78 is 54.7. The quantitative estimate of drug-likeness (QED) is 0.180. The number of hydrogen-bond donors (Lipinski definition) is 3. The molecule has 228 valence electrons. The molecule has 0 bridgehead atoms. The second kappa shape index (κ2) is 11.4. The van der Waals surface area contributed by atoms with Crippen molar-refractivity contribution in [1.82, 2.24) is 24.7 Å². The summed E-state index contributed by atoms with van der Waals surface area (Å²) in [6.45, 7) is 3.53.